The zero-order valence-corrected chi connectivity index (χ0v) is 18.0. The molecule has 7 heteroatoms. The van der Waals surface area contributed by atoms with Crippen molar-refractivity contribution in [3.8, 4) is 0 Å². The lowest BCUT2D eigenvalue weighted by molar-refractivity contribution is 0.168. The number of aryl methyl sites for hydroxylation is 1. The van der Waals surface area contributed by atoms with Crippen molar-refractivity contribution in [3.63, 3.8) is 0 Å². The van der Waals surface area contributed by atoms with Crippen LogP contribution in [0.1, 0.15) is 44.9 Å². The number of nitrogens with two attached hydrogens (primary N) is 1. The lowest BCUT2D eigenvalue weighted by atomic mass is 9.71. The van der Waals surface area contributed by atoms with E-state index in [1.165, 1.54) is 32.1 Å². The van der Waals surface area contributed by atoms with E-state index < -0.39 is 0 Å². The van der Waals surface area contributed by atoms with Crippen LogP contribution >= 0.6 is 11.6 Å². The van der Waals surface area contributed by atoms with Gasteiger partial charge >= 0.3 is 0 Å². The molecule has 4 atom stereocenters. The first kappa shape index (κ1) is 18.6. The summed E-state index contributed by atoms with van der Waals surface area (Å²) >= 11 is 6.18. The van der Waals surface area contributed by atoms with Gasteiger partial charge in [0.1, 0.15) is 5.82 Å². The molecule has 3 aliphatic rings. The molecule has 3 unspecified atom stereocenters. The maximum absolute atomic E-state index is 6.62. The van der Waals surface area contributed by atoms with E-state index in [-0.39, 0.29) is 0 Å². The van der Waals surface area contributed by atoms with E-state index in [0.29, 0.717) is 21.9 Å². The number of nitrogens with zero attached hydrogens (tertiary/aromatic N) is 4. The Hall–Kier alpha value is -2.18. The number of imidazole rings is 1. The van der Waals surface area contributed by atoms with Crippen LogP contribution < -0.4 is 11.1 Å². The summed E-state index contributed by atoms with van der Waals surface area (Å²) in [5.41, 5.74) is 9.91. The summed E-state index contributed by atoms with van der Waals surface area (Å²) in [6, 6.07) is 8.03. The summed E-state index contributed by atoms with van der Waals surface area (Å²) in [5.74, 6) is 2.43. The van der Waals surface area contributed by atoms with Crippen LogP contribution in [0.25, 0.3) is 11.2 Å². The second kappa shape index (κ2) is 6.41. The molecule has 2 heterocycles. The molecule has 3 aliphatic carbocycles. The van der Waals surface area contributed by atoms with Gasteiger partial charge in [0.2, 0.25) is 0 Å². The van der Waals surface area contributed by atoms with E-state index in [1.54, 1.807) is 0 Å². The number of fused-ring (bicyclic) bond motifs is 4. The Bertz CT molecular complexity index is 1140. The van der Waals surface area contributed by atoms with Crippen molar-refractivity contribution in [2.45, 2.75) is 58.0 Å². The number of anilines is 2. The topological polar surface area (TPSA) is 81.7 Å². The maximum Gasteiger partial charge on any atom is 0.165 e. The van der Waals surface area contributed by atoms with Crippen molar-refractivity contribution in [2.75, 3.05) is 5.32 Å². The van der Waals surface area contributed by atoms with Gasteiger partial charge in [-0.1, -0.05) is 30.5 Å². The first-order chi connectivity index (χ1) is 14.6. The number of benzene rings is 1. The van der Waals surface area contributed by atoms with E-state index in [9.17, 15) is 0 Å². The summed E-state index contributed by atoms with van der Waals surface area (Å²) in [4.78, 5) is 14.5. The van der Waals surface area contributed by atoms with Gasteiger partial charge in [-0.2, -0.15) is 0 Å². The van der Waals surface area contributed by atoms with Gasteiger partial charge in [-0.25, -0.2) is 15.0 Å². The van der Waals surface area contributed by atoms with Gasteiger partial charge in [0, 0.05) is 29.7 Å². The molecule has 0 bridgehead atoms. The molecule has 2 aromatic heterocycles. The van der Waals surface area contributed by atoms with Crippen molar-refractivity contribution in [1.82, 2.24) is 19.5 Å². The van der Waals surface area contributed by atoms with E-state index in [1.807, 2.05) is 30.6 Å². The number of rotatable bonds is 5. The van der Waals surface area contributed by atoms with E-state index in [2.05, 4.69) is 21.8 Å². The van der Waals surface area contributed by atoms with Gasteiger partial charge in [-0.15, -0.1) is 0 Å². The summed E-state index contributed by atoms with van der Waals surface area (Å²) in [7, 11) is 0. The van der Waals surface area contributed by atoms with Gasteiger partial charge in [-0.05, 0) is 61.1 Å². The number of halogens is 1. The standard InChI is InChI=1S/C23H27ClN6/c1-2-30-13-26-19-20(27-15-7-5-6-14(24)10-15)28-18(29-21(19)30)12-22-11-16(22)23(22)9-4-3-8-17(23)25/h5-7,10,13,16-17H,2-4,8-9,11-12,25H2,1H3,(H,27,28,29)/t16?,17-,22?,23?/m1/s1. The Morgan fingerprint density at radius 1 is 1.30 bits per heavy atom. The molecule has 3 fully saturated rings. The largest absolute Gasteiger partial charge is 0.338 e. The van der Waals surface area contributed by atoms with Gasteiger partial charge < -0.3 is 15.6 Å². The van der Waals surface area contributed by atoms with Crippen LogP contribution in [0.15, 0.2) is 30.6 Å². The van der Waals surface area contributed by atoms with Gasteiger partial charge in [-0.3, -0.25) is 0 Å². The molecule has 0 aliphatic heterocycles. The monoisotopic (exact) mass is 422 g/mol. The molecule has 3 saturated carbocycles. The lowest BCUT2D eigenvalue weighted by Crippen LogP contribution is -2.42. The normalized spacial score (nSPS) is 31.7. The van der Waals surface area contributed by atoms with Gasteiger partial charge in [0.05, 0.1) is 6.33 Å². The predicted molar refractivity (Wildman–Crippen MR) is 119 cm³/mol. The maximum atomic E-state index is 6.62. The second-order valence-electron chi connectivity index (χ2n) is 9.31. The van der Waals surface area contributed by atoms with E-state index in [0.717, 1.165) is 47.4 Å². The van der Waals surface area contributed by atoms with Crippen LogP contribution in [0.3, 0.4) is 0 Å². The Balaban J connectivity index is 1.37. The Morgan fingerprint density at radius 3 is 2.97 bits per heavy atom. The molecule has 156 valence electrons. The van der Waals surface area contributed by atoms with Crippen molar-refractivity contribution < 1.29 is 0 Å². The average Bonchev–Trinajstić information content (AvgIpc) is 3.51. The van der Waals surface area contributed by atoms with Crippen molar-refractivity contribution in [3.05, 3.63) is 41.4 Å². The summed E-state index contributed by atoms with van der Waals surface area (Å²) in [6.45, 7) is 2.94. The molecule has 0 radical (unpaired) electrons. The first-order valence-corrected chi connectivity index (χ1v) is 11.4. The smallest absolute Gasteiger partial charge is 0.165 e. The highest BCUT2D eigenvalue weighted by Gasteiger charge is 2.89. The second-order valence-corrected chi connectivity index (χ2v) is 9.75. The molecular weight excluding hydrogens is 396 g/mol. The minimum absolute atomic E-state index is 0.338. The van der Waals surface area contributed by atoms with Crippen LogP contribution in [0, 0.1) is 16.7 Å². The highest BCUT2D eigenvalue weighted by Crippen LogP contribution is 2.91. The zero-order valence-electron chi connectivity index (χ0n) is 17.2. The fourth-order valence-electron chi connectivity index (χ4n) is 6.35. The number of nitrogens with one attached hydrogen (secondary N) is 1. The molecule has 30 heavy (non-hydrogen) atoms. The Morgan fingerprint density at radius 2 is 2.20 bits per heavy atom. The lowest BCUT2D eigenvalue weighted by Gasteiger charge is -2.37. The highest BCUT2D eigenvalue weighted by atomic mass is 35.5. The van der Waals surface area contributed by atoms with Gasteiger partial charge in [0.25, 0.3) is 0 Å². The third-order valence-electron chi connectivity index (χ3n) is 7.97. The minimum Gasteiger partial charge on any atom is -0.338 e. The predicted octanol–water partition coefficient (Wildman–Crippen LogP) is 4.69. The Labute approximate surface area is 181 Å². The first-order valence-electron chi connectivity index (χ1n) is 11.1. The molecular formula is C23H27ClN6. The van der Waals surface area contributed by atoms with Crippen LogP contribution in [0.5, 0.6) is 0 Å². The fraction of sp³-hybridized carbons (Fsp3) is 0.522. The summed E-state index contributed by atoms with van der Waals surface area (Å²) < 4.78 is 2.08. The van der Waals surface area contributed by atoms with Crippen LogP contribution in [-0.2, 0) is 13.0 Å². The van der Waals surface area contributed by atoms with Crippen molar-refractivity contribution >= 4 is 34.3 Å². The van der Waals surface area contributed by atoms with Crippen LogP contribution in [-0.4, -0.2) is 25.6 Å². The third-order valence-corrected chi connectivity index (χ3v) is 8.20. The highest BCUT2D eigenvalue weighted by molar-refractivity contribution is 6.30. The van der Waals surface area contributed by atoms with E-state index >= 15 is 0 Å². The zero-order chi connectivity index (χ0) is 20.5. The molecule has 0 saturated heterocycles. The SMILES string of the molecule is CCn1cnc2c(Nc3cccc(Cl)c3)nc(CC34CC3C43CCCC[C@H]3N)nc21. The summed E-state index contributed by atoms with van der Waals surface area (Å²) in [6.07, 6.45) is 9.09. The molecule has 1 aromatic carbocycles. The minimum atomic E-state index is 0.338. The van der Waals surface area contributed by atoms with Crippen molar-refractivity contribution in [1.29, 1.82) is 0 Å². The van der Waals surface area contributed by atoms with Crippen LogP contribution in [0.2, 0.25) is 5.02 Å². The molecule has 6 rings (SSSR count). The van der Waals surface area contributed by atoms with Crippen molar-refractivity contribution in [2.24, 2.45) is 22.5 Å². The number of hydrogen-bond acceptors (Lipinski definition) is 5. The molecule has 3 N–H and O–H groups in total. The average molecular weight is 423 g/mol. The Kier molecular flexibility index (Phi) is 3.97. The molecule has 6 nitrogen and oxygen atoms in total. The quantitative estimate of drug-likeness (QED) is 0.623. The molecule has 1 spiro atoms. The number of hydrogen-bond donors (Lipinski definition) is 2. The number of aromatic nitrogens is 4. The van der Waals surface area contributed by atoms with Crippen LogP contribution in [0.4, 0.5) is 11.5 Å². The summed E-state index contributed by atoms with van der Waals surface area (Å²) in [5, 5.41) is 4.12. The fourth-order valence-corrected chi connectivity index (χ4v) is 6.54. The molecule has 3 aromatic rings. The third kappa shape index (κ3) is 2.50. The molecule has 0 amide bonds. The van der Waals surface area contributed by atoms with Gasteiger partial charge in [0.15, 0.2) is 17.0 Å². The van der Waals surface area contributed by atoms with E-state index in [4.69, 9.17) is 27.3 Å².